The Morgan fingerprint density at radius 1 is 1.30 bits per heavy atom. The largest absolute Gasteiger partial charge is 0.497 e. The van der Waals surface area contributed by atoms with Crippen molar-refractivity contribution in [1.29, 1.82) is 0 Å². The third-order valence-corrected chi connectivity index (χ3v) is 6.07. The normalized spacial score (nSPS) is 19.6. The van der Waals surface area contributed by atoms with E-state index in [-0.39, 0.29) is 23.8 Å². The second kappa shape index (κ2) is 10.6. The van der Waals surface area contributed by atoms with E-state index in [4.69, 9.17) is 54.5 Å². The van der Waals surface area contributed by atoms with Crippen LogP contribution in [0.15, 0.2) is 40.8 Å². The van der Waals surface area contributed by atoms with Crippen LogP contribution in [0.1, 0.15) is 5.56 Å². The fraction of sp³-hybridized carbons (Fsp3) is 0.389. The Morgan fingerprint density at radius 3 is 2.61 bits per heavy atom. The van der Waals surface area contributed by atoms with E-state index in [9.17, 15) is 14.4 Å². The van der Waals surface area contributed by atoms with Crippen LogP contribution in [-0.2, 0) is 25.7 Å². The minimum Gasteiger partial charge on any atom is -0.497 e. The molecule has 0 bridgehead atoms. The SMILES string of the molecule is COc1ccc(COC(=O)C2=C(N=[N+]=[N-])CS[C@@H]3C(NC(=O)OCC(Cl)(Cl)Cl)C(=O)N23)cc1. The van der Waals surface area contributed by atoms with Gasteiger partial charge in [0.05, 0.1) is 12.8 Å². The number of benzene rings is 1. The van der Waals surface area contributed by atoms with Crippen molar-refractivity contribution in [2.75, 3.05) is 19.5 Å². The number of alkyl halides is 3. The Hall–Kier alpha value is -2.50. The van der Waals surface area contributed by atoms with Gasteiger partial charge in [0, 0.05) is 10.7 Å². The van der Waals surface area contributed by atoms with Gasteiger partial charge in [-0.15, -0.1) is 11.8 Å². The number of esters is 1. The van der Waals surface area contributed by atoms with E-state index in [1.807, 2.05) is 0 Å². The third-order valence-electron chi connectivity index (χ3n) is 4.48. The average Bonchev–Trinajstić information content (AvgIpc) is 2.79. The van der Waals surface area contributed by atoms with Crippen LogP contribution in [0.25, 0.3) is 10.4 Å². The number of hydrogen-bond acceptors (Lipinski definition) is 8. The molecular formula is C18H16Cl3N5O6S. The monoisotopic (exact) mass is 535 g/mol. The van der Waals surface area contributed by atoms with E-state index in [2.05, 4.69) is 15.3 Å². The minimum absolute atomic E-state index is 0.0454. The maximum Gasteiger partial charge on any atom is 0.408 e. The predicted molar refractivity (Wildman–Crippen MR) is 121 cm³/mol. The molecule has 1 unspecified atom stereocenters. The number of alkyl carbamates (subject to hydrolysis) is 1. The molecule has 2 heterocycles. The van der Waals surface area contributed by atoms with E-state index in [1.165, 1.54) is 18.9 Å². The van der Waals surface area contributed by atoms with Gasteiger partial charge in [-0.2, -0.15) is 0 Å². The number of nitrogens with one attached hydrogen (secondary N) is 1. The second-order valence-corrected chi connectivity index (χ2v) is 10.3. The number of rotatable bonds is 7. The Bertz CT molecular complexity index is 1030. The summed E-state index contributed by atoms with van der Waals surface area (Å²) in [6.07, 6.45) is -0.964. The van der Waals surface area contributed by atoms with Crippen LogP contribution >= 0.6 is 46.6 Å². The summed E-state index contributed by atoms with van der Waals surface area (Å²) in [5.41, 5.74) is 9.40. The number of carbonyl (C=O) groups is 3. The number of thioether (sulfide) groups is 1. The highest BCUT2D eigenvalue weighted by atomic mass is 35.6. The molecule has 2 aliphatic rings. The van der Waals surface area contributed by atoms with Gasteiger partial charge in [-0.1, -0.05) is 52.0 Å². The summed E-state index contributed by atoms with van der Waals surface area (Å²) < 4.78 is 13.4. The smallest absolute Gasteiger partial charge is 0.408 e. The number of azide groups is 1. The van der Waals surface area contributed by atoms with Crippen LogP contribution in [0.3, 0.4) is 0 Å². The lowest BCUT2D eigenvalue weighted by Crippen LogP contribution is -2.70. The molecular weight excluding hydrogens is 521 g/mol. The van der Waals surface area contributed by atoms with Gasteiger partial charge >= 0.3 is 12.1 Å². The molecule has 0 aliphatic carbocycles. The first-order valence-corrected chi connectivity index (χ1v) is 11.4. The zero-order valence-corrected chi connectivity index (χ0v) is 20.0. The highest BCUT2D eigenvalue weighted by Crippen LogP contribution is 2.41. The van der Waals surface area contributed by atoms with Crippen LogP contribution in [0.5, 0.6) is 5.75 Å². The number of nitrogens with zero attached hydrogens (tertiary/aromatic N) is 4. The van der Waals surface area contributed by atoms with E-state index in [1.54, 1.807) is 24.3 Å². The van der Waals surface area contributed by atoms with Crippen molar-refractivity contribution in [3.05, 3.63) is 51.7 Å². The summed E-state index contributed by atoms with van der Waals surface area (Å²) in [6.45, 7) is -0.601. The van der Waals surface area contributed by atoms with Crippen LogP contribution < -0.4 is 10.1 Å². The molecule has 1 fully saturated rings. The van der Waals surface area contributed by atoms with Crippen LogP contribution in [0.4, 0.5) is 4.79 Å². The number of fused-ring (bicyclic) bond motifs is 1. The summed E-state index contributed by atoms with van der Waals surface area (Å²) >= 11 is 17.8. The third kappa shape index (κ3) is 6.10. The molecule has 0 radical (unpaired) electrons. The fourth-order valence-corrected chi connectivity index (χ4v) is 4.40. The minimum atomic E-state index is -1.81. The van der Waals surface area contributed by atoms with Crippen molar-refractivity contribution in [2.24, 2.45) is 5.11 Å². The van der Waals surface area contributed by atoms with Crippen molar-refractivity contribution in [3.63, 3.8) is 0 Å². The number of carbonyl (C=O) groups excluding carboxylic acids is 3. The van der Waals surface area contributed by atoms with Gasteiger partial charge in [0.25, 0.3) is 5.91 Å². The number of ether oxygens (including phenoxy) is 3. The van der Waals surface area contributed by atoms with Gasteiger partial charge in [0.2, 0.25) is 3.79 Å². The van der Waals surface area contributed by atoms with Crippen LogP contribution in [-0.4, -0.2) is 57.5 Å². The summed E-state index contributed by atoms with van der Waals surface area (Å²) in [6, 6.07) is 5.85. The summed E-state index contributed by atoms with van der Waals surface area (Å²) in [5, 5.41) is 5.27. The number of methoxy groups -OCH3 is 1. The number of hydrogen-bond donors (Lipinski definition) is 1. The molecule has 1 aromatic carbocycles. The van der Waals surface area contributed by atoms with Crippen molar-refractivity contribution in [3.8, 4) is 5.75 Å². The van der Waals surface area contributed by atoms with Gasteiger partial charge in [-0.25, -0.2) is 9.59 Å². The highest BCUT2D eigenvalue weighted by Gasteiger charge is 2.54. The Labute approximate surface area is 206 Å². The number of halogens is 3. The van der Waals surface area contributed by atoms with Gasteiger partial charge in [-0.3, -0.25) is 9.69 Å². The summed E-state index contributed by atoms with van der Waals surface area (Å²) in [7, 11) is 1.53. The Kier molecular flexibility index (Phi) is 8.09. The molecule has 2 atom stereocenters. The quantitative estimate of drug-likeness (QED) is 0.140. The van der Waals surface area contributed by atoms with Crippen molar-refractivity contribution in [2.45, 2.75) is 21.8 Å². The molecule has 15 heteroatoms. The molecule has 11 nitrogen and oxygen atoms in total. The Morgan fingerprint density at radius 2 is 2.00 bits per heavy atom. The van der Waals surface area contributed by atoms with Crippen molar-refractivity contribution in [1.82, 2.24) is 10.2 Å². The lowest BCUT2D eigenvalue weighted by Gasteiger charge is -2.49. The first-order chi connectivity index (χ1) is 15.6. The highest BCUT2D eigenvalue weighted by molar-refractivity contribution is 8.00. The molecule has 2 amide bonds. The maximum absolute atomic E-state index is 12.8. The van der Waals surface area contributed by atoms with Crippen molar-refractivity contribution < 1.29 is 28.6 Å². The summed E-state index contributed by atoms with van der Waals surface area (Å²) in [4.78, 5) is 41.3. The molecule has 2 aliphatic heterocycles. The Balaban J connectivity index is 1.69. The second-order valence-electron chi connectivity index (χ2n) is 6.63. The first-order valence-electron chi connectivity index (χ1n) is 9.17. The zero-order chi connectivity index (χ0) is 24.2. The predicted octanol–water partition coefficient (Wildman–Crippen LogP) is 3.64. The van der Waals surface area contributed by atoms with E-state index in [0.29, 0.717) is 11.3 Å². The lowest BCUT2D eigenvalue weighted by atomic mass is 10.0. The van der Waals surface area contributed by atoms with Gasteiger partial charge in [0.15, 0.2) is 0 Å². The zero-order valence-electron chi connectivity index (χ0n) is 16.9. The molecule has 0 saturated carbocycles. The molecule has 1 aromatic rings. The number of amides is 2. The first kappa shape index (κ1) is 25.1. The fourth-order valence-electron chi connectivity index (χ4n) is 2.98. The van der Waals surface area contributed by atoms with Gasteiger partial charge in [-0.05, 0) is 23.2 Å². The standard InChI is InChI=1S/C18H16Cl3N5O6S/c1-30-10-4-2-9(3-5-10)6-31-16(28)13-11(24-25-22)7-33-15-12(14(27)26(13)15)23-17(29)32-8-18(19,20)21/h2-5,12,15H,6-8H2,1H3,(H,23,29)/t12?,15-/m1/s1. The van der Waals surface area contributed by atoms with E-state index < -0.39 is 39.8 Å². The average molecular weight is 537 g/mol. The molecule has 0 aromatic heterocycles. The molecule has 1 saturated heterocycles. The number of β-lactam (4-membered cyclic amide) rings is 1. The van der Waals surface area contributed by atoms with E-state index in [0.717, 1.165) is 4.90 Å². The molecule has 176 valence electrons. The molecule has 3 rings (SSSR count). The molecule has 0 spiro atoms. The van der Waals surface area contributed by atoms with Gasteiger partial charge < -0.3 is 19.5 Å². The lowest BCUT2D eigenvalue weighted by molar-refractivity contribution is -0.152. The molecule has 33 heavy (non-hydrogen) atoms. The summed E-state index contributed by atoms with van der Waals surface area (Å²) in [5.74, 6) is -0.695. The van der Waals surface area contributed by atoms with Crippen molar-refractivity contribution >= 4 is 64.5 Å². The van der Waals surface area contributed by atoms with E-state index >= 15 is 0 Å². The maximum atomic E-state index is 12.8. The van der Waals surface area contributed by atoms with Crippen LogP contribution in [0.2, 0.25) is 0 Å². The van der Waals surface area contributed by atoms with Gasteiger partial charge in [0.1, 0.15) is 36.1 Å². The molecule has 1 N–H and O–H groups in total. The topological polar surface area (TPSA) is 143 Å². The van der Waals surface area contributed by atoms with Crippen LogP contribution in [0, 0.1) is 0 Å².